The molecule has 0 amide bonds. The molecule has 26 heavy (non-hydrogen) atoms. The molecule has 3 aromatic rings. The number of carbonyl (C=O) groups is 1. The molecule has 0 aliphatic rings. The van der Waals surface area contributed by atoms with Crippen molar-refractivity contribution in [3.05, 3.63) is 59.4 Å². The second kappa shape index (κ2) is 7.48. The maximum absolute atomic E-state index is 13.7. The van der Waals surface area contributed by atoms with E-state index in [1.807, 2.05) is 24.3 Å². The van der Waals surface area contributed by atoms with Gasteiger partial charge in [0.05, 0.1) is 10.2 Å². The van der Waals surface area contributed by atoms with Gasteiger partial charge in [0, 0.05) is 0 Å². The van der Waals surface area contributed by atoms with Gasteiger partial charge in [0.25, 0.3) is 0 Å². The van der Waals surface area contributed by atoms with Gasteiger partial charge >= 0.3 is 5.97 Å². The average molecular weight is 394 g/mol. The number of fused-ring (bicyclic) bond motifs is 1. The Hall–Kier alpha value is -2.36. The predicted octanol–water partition coefficient (Wildman–Crippen LogP) is 2.85. The van der Waals surface area contributed by atoms with Gasteiger partial charge in [0.1, 0.15) is 28.4 Å². The zero-order valence-electron chi connectivity index (χ0n) is 13.7. The third-order valence-electron chi connectivity index (χ3n) is 3.49. The summed E-state index contributed by atoms with van der Waals surface area (Å²) in [6, 6.07) is 11.3. The van der Waals surface area contributed by atoms with E-state index in [1.54, 1.807) is 0 Å². The molecule has 9 heteroatoms. The number of nitrogens with one attached hydrogen (secondary N) is 1. The number of aromatic nitrogens is 1. The molecule has 0 aliphatic carbocycles. The second-order valence-electron chi connectivity index (χ2n) is 5.46. The first-order valence-electron chi connectivity index (χ1n) is 7.65. The van der Waals surface area contributed by atoms with E-state index in [0.717, 1.165) is 22.3 Å². The van der Waals surface area contributed by atoms with Crippen LogP contribution < -0.4 is 4.72 Å². The van der Waals surface area contributed by atoms with Gasteiger partial charge in [-0.1, -0.05) is 24.3 Å². The van der Waals surface area contributed by atoms with Crippen molar-refractivity contribution in [1.82, 2.24) is 9.71 Å². The normalized spacial score (nSPS) is 12.8. The maximum Gasteiger partial charge on any atom is 0.324 e. The van der Waals surface area contributed by atoms with Crippen LogP contribution in [-0.4, -0.2) is 25.4 Å². The molecule has 0 aliphatic heterocycles. The molecular formula is C17H15FN2O4S2. The summed E-state index contributed by atoms with van der Waals surface area (Å²) in [4.78, 5) is 15.9. The number of thiazole rings is 1. The van der Waals surface area contributed by atoms with Crippen LogP contribution in [0.1, 0.15) is 11.9 Å². The largest absolute Gasteiger partial charge is 0.457 e. The molecule has 1 N–H and O–H groups in total. The Kier molecular flexibility index (Phi) is 5.30. The van der Waals surface area contributed by atoms with Crippen LogP contribution in [0.5, 0.6) is 0 Å². The molecule has 0 radical (unpaired) electrons. The molecule has 0 spiro atoms. The SMILES string of the molecule is CC(NS(=O)(=O)c1ccccc1F)C(=O)OCc1nc2ccccc2s1. The van der Waals surface area contributed by atoms with E-state index in [2.05, 4.69) is 9.71 Å². The molecule has 1 heterocycles. The van der Waals surface area contributed by atoms with Crippen LogP contribution in [0.4, 0.5) is 4.39 Å². The van der Waals surface area contributed by atoms with Gasteiger partial charge in [-0.2, -0.15) is 4.72 Å². The quantitative estimate of drug-likeness (QED) is 0.650. The van der Waals surface area contributed by atoms with E-state index in [1.165, 1.54) is 30.4 Å². The van der Waals surface area contributed by atoms with Crippen LogP contribution in [0.25, 0.3) is 10.2 Å². The van der Waals surface area contributed by atoms with Crippen molar-refractivity contribution >= 4 is 37.5 Å². The van der Waals surface area contributed by atoms with E-state index in [9.17, 15) is 17.6 Å². The molecule has 1 atom stereocenters. The Labute approximate surface area is 153 Å². The lowest BCUT2D eigenvalue weighted by Crippen LogP contribution is -2.39. The number of benzene rings is 2. The van der Waals surface area contributed by atoms with Crippen molar-refractivity contribution in [2.75, 3.05) is 0 Å². The molecule has 136 valence electrons. The van der Waals surface area contributed by atoms with Gasteiger partial charge < -0.3 is 4.74 Å². The summed E-state index contributed by atoms with van der Waals surface area (Å²) >= 11 is 1.39. The van der Waals surface area contributed by atoms with E-state index in [4.69, 9.17) is 4.74 Å². The fraction of sp³-hybridized carbons (Fsp3) is 0.176. The average Bonchev–Trinajstić information content (AvgIpc) is 3.02. The first-order chi connectivity index (χ1) is 12.4. The monoisotopic (exact) mass is 394 g/mol. The summed E-state index contributed by atoms with van der Waals surface area (Å²) in [5.74, 6) is -1.67. The zero-order chi connectivity index (χ0) is 18.7. The third kappa shape index (κ3) is 4.06. The molecule has 6 nitrogen and oxygen atoms in total. The van der Waals surface area contributed by atoms with E-state index in [-0.39, 0.29) is 6.61 Å². The van der Waals surface area contributed by atoms with Crippen molar-refractivity contribution in [2.24, 2.45) is 0 Å². The highest BCUT2D eigenvalue weighted by Crippen LogP contribution is 2.22. The predicted molar refractivity (Wildman–Crippen MR) is 95.6 cm³/mol. The molecule has 0 saturated carbocycles. The first-order valence-corrected chi connectivity index (χ1v) is 9.95. The number of nitrogens with zero attached hydrogens (tertiary/aromatic N) is 1. The minimum Gasteiger partial charge on any atom is -0.457 e. The summed E-state index contributed by atoms with van der Waals surface area (Å²) in [7, 11) is -4.18. The van der Waals surface area contributed by atoms with Gasteiger partial charge in [-0.15, -0.1) is 11.3 Å². The number of carbonyl (C=O) groups excluding carboxylic acids is 1. The summed E-state index contributed by atoms with van der Waals surface area (Å²) in [6.07, 6.45) is 0. The lowest BCUT2D eigenvalue weighted by molar-refractivity contribution is -0.146. The smallest absolute Gasteiger partial charge is 0.324 e. The molecule has 3 rings (SSSR count). The Bertz CT molecular complexity index is 1020. The number of para-hydroxylation sites is 1. The number of sulfonamides is 1. The fourth-order valence-corrected chi connectivity index (χ4v) is 4.40. The lowest BCUT2D eigenvalue weighted by Gasteiger charge is -2.13. The van der Waals surface area contributed by atoms with Gasteiger partial charge in [0.2, 0.25) is 10.0 Å². The second-order valence-corrected chi connectivity index (χ2v) is 8.25. The molecular weight excluding hydrogens is 379 g/mol. The summed E-state index contributed by atoms with van der Waals surface area (Å²) < 4.78 is 46.2. The molecule has 1 aromatic heterocycles. The van der Waals surface area contributed by atoms with Crippen molar-refractivity contribution in [2.45, 2.75) is 24.5 Å². The zero-order valence-corrected chi connectivity index (χ0v) is 15.3. The van der Waals surface area contributed by atoms with Crippen LogP contribution in [0.15, 0.2) is 53.4 Å². The highest BCUT2D eigenvalue weighted by Gasteiger charge is 2.25. The molecule has 1 unspecified atom stereocenters. The summed E-state index contributed by atoms with van der Waals surface area (Å²) in [6.45, 7) is 1.27. The van der Waals surface area contributed by atoms with E-state index >= 15 is 0 Å². The van der Waals surface area contributed by atoms with Gasteiger partial charge in [-0.05, 0) is 31.2 Å². The Morgan fingerprint density at radius 3 is 2.65 bits per heavy atom. The lowest BCUT2D eigenvalue weighted by atomic mass is 10.3. The minimum absolute atomic E-state index is 0.0655. The summed E-state index contributed by atoms with van der Waals surface area (Å²) in [5, 5.41) is 0.601. The molecule has 0 saturated heterocycles. The van der Waals surface area contributed by atoms with Crippen molar-refractivity contribution in [3.8, 4) is 0 Å². The third-order valence-corrected chi connectivity index (χ3v) is 6.07. The Morgan fingerprint density at radius 2 is 1.92 bits per heavy atom. The van der Waals surface area contributed by atoms with Gasteiger partial charge in [0.15, 0.2) is 0 Å². The van der Waals surface area contributed by atoms with Crippen molar-refractivity contribution in [3.63, 3.8) is 0 Å². The standard InChI is InChI=1S/C17H15FN2O4S2/c1-11(20-26(22,23)15-9-5-2-6-12(15)18)17(21)24-10-16-19-13-7-3-4-8-14(13)25-16/h2-9,11,20H,10H2,1H3. The van der Waals surface area contributed by atoms with Crippen LogP contribution >= 0.6 is 11.3 Å². The van der Waals surface area contributed by atoms with E-state index in [0.29, 0.717) is 5.01 Å². The van der Waals surface area contributed by atoms with Crippen LogP contribution in [0.3, 0.4) is 0 Å². The number of esters is 1. The topological polar surface area (TPSA) is 85.4 Å². The number of hydrogen-bond acceptors (Lipinski definition) is 6. The number of rotatable bonds is 6. The molecule has 0 fully saturated rings. The highest BCUT2D eigenvalue weighted by molar-refractivity contribution is 7.89. The van der Waals surface area contributed by atoms with Crippen molar-refractivity contribution in [1.29, 1.82) is 0 Å². The number of halogens is 1. The first kappa shape index (κ1) is 18.4. The maximum atomic E-state index is 13.7. The Balaban J connectivity index is 1.63. The Morgan fingerprint density at radius 1 is 1.23 bits per heavy atom. The number of ether oxygens (including phenoxy) is 1. The van der Waals surface area contributed by atoms with Crippen molar-refractivity contribution < 1.29 is 22.3 Å². The minimum atomic E-state index is -4.18. The van der Waals surface area contributed by atoms with Gasteiger partial charge in [-0.3, -0.25) is 4.79 Å². The highest BCUT2D eigenvalue weighted by atomic mass is 32.2. The van der Waals surface area contributed by atoms with Crippen LogP contribution in [-0.2, 0) is 26.2 Å². The van der Waals surface area contributed by atoms with Crippen LogP contribution in [0, 0.1) is 5.82 Å². The molecule has 2 aromatic carbocycles. The molecule has 0 bridgehead atoms. The summed E-state index contributed by atoms with van der Waals surface area (Å²) in [5.41, 5.74) is 0.803. The van der Waals surface area contributed by atoms with Gasteiger partial charge in [-0.25, -0.2) is 17.8 Å². The van der Waals surface area contributed by atoms with E-state index < -0.39 is 32.7 Å². The van der Waals surface area contributed by atoms with Crippen LogP contribution in [0.2, 0.25) is 0 Å². The fourth-order valence-electron chi connectivity index (χ4n) is 2.25. The number of hydrogen-bond donors (Lipinski definition) is 1.